The van der Waals surface area contributed by atoms with Crippen molar-refractivity contribution in [3.05, 3.63) is 42.2 Å². The van der Waals surface area contributed by atoms with Gasteiger partial charge in [0.2, 0.25) is 11.9 Å². The van der Waals surface area contributed by atoms with E-state index >= 15 is 0 Å². The van der Waals surface area contributed by atoms with E-state index < -0.39 is 0 Å². The van der Waals surface area contributed by atoms with Crippen LogP contribution in [-0.4, -0.2) is 20.7 Å². The third-order valence-corrected chi connectivity index (χ3v) is 3.05. The highest BCUT2D eigenvalue weighted by Gasteiger charge is 2.24. The summed E-state index contributed by atoms with van der Waals surface area (Å²) in [7, 11) is 1.79. The van der Waals surface area contributed by atoms with Crippen LogP contribution >= 0.6 is 0 Å². The van der Waals surface area contributed by atoms with Crippen LogP contribution in [0.2, 0.25) is 0 Å². The molecule has 19 heavy (non-hydrogen) atoms. The number of nitrogens with one attached hydrogen (secondary N) is 1. The third kappa shape index (κ3) is 2.99. The molecular formula is C14H18N4O. The van der Waals surface area contributed by atoms with Crippen LogP contribution in [0, 0.1) is 5.92 Å². The third-order valence-electron chi connectivity index (χ3n) is 3.05. The zero-order valence-electron chi connectivity index (χ0n) is 11.4. The van der Waals surface area contributed by atoms with Gasteiger partial charge < -0.3 is 4.57 Å². The van der Waals surface area contributed by atoms with E-state index in [0.29, 0.717) is 5.95 Å². The zero-order valence-corrected chi connectivity index (χ0v) is 11.4. The molecule has 5 nitrogen and oxygen atoms in total. The molecule has 100 valence electrons. The number of rotatable bonds is 4. The summed E-state index contributed by atoms with van der Waals surface area (Å²) in [5.41, 5.74) is 1.01. The fourth-order valence-electron chi connectivity index (χ4n) is 2.08. The van der Waals surface area contributed by atoms with Crippen LogP contribution in [0.4, 0.5) is 5.95 Å². The molecule has 0 saturated carbocycles. The van der Waals surface area contributed by atoms with Crippen molar-refractivity contribution in [1.82, 2.24) is 14.8 Å². The van der Waals surface area contributed by atoms with E-state index in [1.807, 2.05) is 44.2 Å². The first-order chi connectivity index (χ1) is 9.09. The van der Waals surface area contributed by atoms with Gasteiger partial charge in [-0.05, 0) is 11.5 Å². The number of benzene rings is 1. The maximum absolute atomic E-state index is 12.4. The Morgan fingerprint density at radius 2 is 1.95 bits per heavy atom. The second-order valence-electron chi connectivity index (χ2n) is 4.89. The quantitative estimate of drug-likeness (QED) is 0.914. The maximum Gasteiger partial charge on any atom is 0.234 e. The van der Waals surface area contributed by atoms with Gasteiger partial charge in [-0.1, -0.05) is 44.2 Å². The summed E-state index contributed by atoms with van der Waals surface area (Å²) in [6.45, 7) is 4.07. The van der Waals surface area contributed by atoms with E-state index in [2.05, 4.69) is 15.5 Å². The van der Waals surface area contributed by atoms with Crippen LogP contribution < -0.4 is 5.32 Å². The van der Waals surface area contributed by atoms with Crippen LogP contribution in [0.15, 0.2) is 36.7 Å². The number of anilines is 1. The van der Waals surface area contributed by atoms with E-state index in [9.17, 15) is 4.79 Å². The molecule has 0 unspecified atom stereocenters. The molecular weight excluding hydrogens is 240 g/mol. The lowest BCUT2D eigenvalue weighted by atomic mass is 9.88. The minimum atomic E-state index is -0.196. The monoisotopic (exact) mass is 258 g/mol. The van der Waals surface area contributed by atoms with Crippen LogP contribution in [0.25, 0.3) is 0 Å². The Balaban J connectivity index is 2.21. The Labute approximate surface area is 112 Å². The number of aromatic nitrogens is 3. The molecule has 0 aliphatic heterocycles. The second-order valence-corrected chi connectivity index (χ2v) is 4.89. The second kappa shape index (κ2) is 5.65. The molecule has 1 heterocycles. The summed E-state index contributed by atoms with van der Waals surface area (Å²) in [6.07, 6.45) is 1.56. The SMILES string of the molecule is CC(C)[C@@H](C(=O)Nc1nncn1C)c1ccccc1. The van der Waals surface area contributed by atoms with Crippen molar-refractivity contribution in [2.75, 3.05) is 5.32 Å². The molecule has 0 spiro atoms. The lowest BCUT2D eigenvalue weighted by molar-refractivity contribution is -0.118. The molecule has 0 aliphatic carbocycles. The van der Waals surface area contributed by atoms with Crippen molar-refractivity contribution in [2.24, 2.45) is 13.0 Å². The number of hydrogen-bond donors (Lipinski definition) is 1. The standard InChI is InChI=1S/C14H18N4O/c1-10(2)12(11-7-5-4-6-8-11)13(19)16-14-17-15-9-18(14)3/h4-10,12H,1-3H3,(H,16,17,19)/t12-/m1/s1. The van der Waals surface area contributed by atoms with E-state index in [1.165, 1.54) is 0 Å². The number of amides is 1. The first-order valence-electron chi connectivity index (χ1n) is 6.29. The Bertz CT molecular complexity index is 548. The molecule has 0 radical (unpaired) electrons. The first kappa shape index (κ1) is 13.3. The lowest BCUT2D eigenvalue weighted by Crippen LogP contribution is -2.26. The number of hydrogen-bond acceptors (Lipinski definition) is 3. The minimum absolute atomic E-state index is 0.0581. The molecule has 0 bridgehead atoms. The van der Waals surface area contributed by atoms with Crippen LogP contribution in [0.1, 0.15) is 25.3 Å². The summed E-state index contributed by atoms with van der Waals surface area (Å²) in [5.74, 6) is 0.414. The predicted molar refractivity (Wildman–Crippen MR) is 73.7 cm³/mol. The van der Waals surface area contributed by atoms with Gasteiger partial charge >= 0.3 is 0 Å². The summed E-state index contributed by atoms with van der Waals surface area (Å²) >= 11 is 0. The van der Waals surface area contributed by atoms with Crippen molar-refractivity contribution in [2.45, 2.75) is 19.8 Å². The van der Waals surface area contributed by atoms with Gasteiger partial charge in [-0.25, -0.2) is 0 Å². The smallest absolute Gasteiger partial charge is 0.234 e. The number of nitrogens with zero attached hydrogens (tertiary/aromatic N) is 3. The normalized spacial score (nSPS) is 12.4. The molecule has 1 N–H and O–H groups in total. The van der Waals surface area contributed by atoms with Crippen molar-refractivity contribution in [3.63, 3.8) is 0 Å². The largest absolute Gasteiger partial charge is 0.303 e. The Hall–Kier alpha value is -2.17. The maximum atomic E-state index is 12.4. The van der Waals surface area contributed by atoms with Gasteiger partial charge in [0.05, 0.1) is 5.92 Å². The fraction of sp³-hybridized carbons (Fsp3) is 0.357. The average molecular weight is 258 g/mol. The fourth-order valence-corrected chi connectivity index (χ4v) is 2.08. The minimum Gasteiger partial charge on any atom is -0.303 e. The number of carbonyl (C=O) groups is 1. The van der Waals surface area contributed by atoms with E-state index in [4.69, 9.17) is 0 Å². The summed E-state index contributed by atoms with van der Waals surface area (Å²) in [5, 5.41) is 10.4. The summed E-state index contributed by atoms with van der Waals surface area (Å²) in [6, 6.07) is 9.78. The molecule has 1 amide bonds. The van der Waals surface area contributed by atoms with Gasteiger partial charge in [0, 0.05) is 7.05 Å². The highest BCUT2D eigenvalue weighted by molar-refractivity contribution is 5.94. The van der Waals surface area contributed by atoms with Crippen molar-refractivity contribution >= 4 is 11.9 Å². The lowest BCUT2D eigenvalue weighted by Gasteiger charge is -2.20. The van der Waals surface area contributed by atoms with Gasteiger partial charge in [-0.2, -0.15) is 0 Å². The van der Waals surface area contributed by atoms with Crippen molar-refractivity contribution < 1.29 is 4.79 Å². The number of aryl methyl sites for hydroxylation is 1. The Morgan fingerprint density at radius 1 is 1.26 bits per heavy atom. The molecule has 1 aromatic carbocycles. The topological polar surface area (TPSA) is 59.8 Å². The highest BCUT2D eigenvalue weighted by Crippen LogP contribution is 2.25. The average Bonchev–Trinajstić information content (AvgIpc) is 2.76. The molecule has 0 saturated heterocycles. The van der Waals surface area contributed by atoms with Gasteiger partial charge in [-0.15, -0.1) is 10.2 Å². The van der Waals surface area contributed by atoms with Crippen molar-refractivity contribution in [1.29, 1.82) is 0 Å². The van der Waals surface area contributed by atoms with Crippen LogP contribution in [0.3, 0.4) is 0 Å². The van der Waals surface area contributed by atoms with E-state index in [-0.39, 0.29) is 17.7 Å². The molecule has 1 aromatic heterocycles. The van der Waals surface area contributed by atoms with Crippen LogP contribution in [0.5, 0.6) is 0 Å². The predicted octanol–water partition coefficient (Wildman–Crippen LogP) is 2.19. The molecule has 2 rings (SSSR count). The van der Waals surface area contributed by atoms with Gasteiger partial charge in [0.25, 0.3) is 0 Å². The molecule has 0 fully saturated rings. The summed E-state index contributed by atoms with van der Waals surface area (Å²) in [4.78, 5) is 12.4. The number of carbonyl (C=O) groups excluding carboxylic acids is 1. The summed E-state index contributed by atoms with van der Waals surface area (Å²) < 4.78 is 1.68. The van der Waals surface area contributed by atoms with E-state index in [0.717, 1.165) is 5.56 Å². The zero-order chi connectivity index (χ0) is 13.8. The van der Waals surface area contributed by atoms with Gasteiger partial charge in [-0.3, -0.25) is 10.1 Å². The highest BCUT2D eigenvalue weighted by atomic mass is 16.2. The molecule has 1 atom stereocenters. The van der Waals surface area contributed by atoms with Gasteiger partial charge in [0.1, 0.15) is 6.33 Å². The molecule has 5 heteroatoms. The van der Waals surface area contributed by atoms with Gasteiger partial charge in [0.15, 0.2) is 0 Å². The molecule has 2 aromatic rings. The van der Waals surface area contributed by atoms with Crippen molar-refractivity contribution in [3.8, 4) is 0 Å². The Kier molecular flexibility index (Phi) is 3.94. The van der Waals surface area contributed by atoms with Crippen LogP contribution in [-0.2, 0) is 11.8 Å². The van der Waals surface area contributed by atoms with E-state index in [1.54, 1.807) is 17.9 Å². The first-order valence-corrected chi connectivity index (χ1v) is 6.29. The Morgan fingerprint density at radius 3 is 2.47 bits per heavy atom. The molecule has 0 aliphatic rings.